The molecule has 1 amide bonds. The van der Waals surface area contributed by atoms with Gasteiger partial charge in [0.25, 0.3) is 5.91 Å². The summed E-state index contributed by atoms with van der Waals surface area (Å²) in [4.78, 5) is 25.3. The Kier molecular flexibility index (Phi) is 4.52. The number of aliphatic carboxylic acids is 1. The van der Waals surface area contributed by atoms with Crippen LogP contribution >= 0.6 is 11.6 Å². The summed E-state index contributed by atoms with van der Waals surface area (Å²) in [7, 11) is 0. The van der Waals surface area contributed by atoms with Crippen LogP contribution in [0.1, 0.15) is 36.5 Å². The highest BCUT2D eigenvalue weighted by Crippen LogP contribution is 2.36. The van der Waals surface area contributed by atoms with Crippen molar-refractivity contribution in [1.29, 1.82) is 0 Å². The molecule has 0 saturated carbocycles. The molecule has 2 rings (SSSR count). The van der Waals surface area contributed by atoms with Crippen molar-refractivity contribution in [1.82, 2.24) is 4.90 Å². The zero-order chi connectivity index (χ0) is 15.6. The van der Waals surface area contributed by atoms with E-state index in [1.165, 1.54) is 23.1 Å². The van der Waals surface area contributed by atoms with Crippen molar-refractivity contribution in [3.05, 3.63) is 34.6 Å². The molecule has 0 spiro atoms. The molecule has 0 aliphatic carbocycles. The van der Waals surface area contributed by atoms with Crippen LogP contribution in [0.2, 0.25) is 5.02 Å². The van der Waals surface area contributed by atoms with Crippen molar-refractivity contribution >= 4 is 23.5 Å². The average Bonchev–Trinajstić information content (AvgIpc) is 2.84. The van der Waals surface area contributed by atoms with Gasteiger partial charge in [0.15, 0.2) is 0 Å². The molecule has 21 heavy (non-hydrogen) atoms. The van der Waals surface area contributed by atoms with Crippen LogP contribution in [0.5, 0.6) is 0 Å². The van der Waals surface area contributed by atoms with Crippen LogP contribution in [0.3, 0.4) is 0 Å². The molecule has 6 heteroatoms. The van der Waals surface area contributed by atoms with Crippen molar-refractivity contribution < 1.29 is 19.1 Å². The van der Waals surface area contributed by atoms with E-state index in [0.717, 1.165) is 6.42 Å². The number of likely N-dealkylation sites (tertiary alicyclic amines) is 1. The summed E-state index contributed by atoms with van der Waals surface area (Å²) in [6, 6.07) is 4.05. The summed E-state index contributed by atoms with van der Waals surface area (Å²) in [5.74, 6) is -2.13. The van der Waals surface area contributed by atoms with Crippen molar-refractivity contribution in [3.8, 4) is 0 Å². The summed E-state index contributed by atoms with van der Waals surface area (Å²) in [6.07, 6.45) is 1.60. The topological polar surface area (TPSA) is 57.6 Å². The SMILES string of the molecule is CCCC1(C(=O)O)CCN(C(=O)c2c(F)cccc2Cl)C1. The monoisotopic (exact) mass is 313 g/mol. The highest BCUT2D eigenvalue weighted by atomic mass is 35.5. The van der Waals surface area contributed by atoms with Crippen LogP contribution in [-0.2, 0) is 4.79 Å². The maximum atomic E-state index is 13.8. The van der Waals surface area contributed by atoms with Gasteiger partial charge in [-0.05, 0) is 25.0 Å². The molecule has 1 atom stereocenters. The molecule has 1 aliphatic heterocycles. The molecule has 1 aliphatic rings. The third-order valence-corrected chi connectivity index (χ3v) is 4.31. The summed E-state index contributed by atoms with van der Waals surface area (Å²) < 4.78 is 13.8. The van der Waals surface area contributed by atoms with Gasteiger partial charge in [0.1, 0.15) is 5.82 Å². The summed E-state index contributed by atoms with van der Waals surface area (Å²) >= 11 is 5.89. The number of rotatable bonds is 4. The average molecular weight is 314 g/mol. The summed E-state index contributed by atoms with van der Waals surface area (Å²) in [5.41, 5.74) is -1.11. The fourth-order valence-electron chi connectivity index (χ4n) is 2.87. The lowest BCUT2D eigenvalue weighted by atomic mass is 9.83. The Morgan fingerprint density at radius 1 is 1.48 bits per heavy atom. The standard InChI is InChI=1S/C15H17ClFNO3/c1-2-6-15(14(20)21)7-8-18(9-15)13(19)12-10(16)4-3-5-11(12)17/h3-5H,2,6-9H2,1H3,(H,20,21). The van der Waals surface area contributed by atoms with E-state index >= 15 is 0 Å². The highest BCUT2D eigenvalue weighted by molar-refractivity contribution is 6.33. The molecule has 0 radical (unpaired) electrons. The highest BCUT2D eigenvalue weighted by Gasteiger charge is 2.45. The minimum absolute atomic E-state index is 0.0447. The van der Waals surface area contributed by atoms with E-state index < -0.39 is 23.1 Å². The van der Waals surface area contributed by atoms with Crippen molar-refractivity contribution in [2.75, 3.05) is 13.1 Å². The molecule has 1 aromatic carbocycles. The fourth-order valence-corrected chi connectivity index (χ4v) is 3.11. The second kappa shape index (κ2) is 6.02. The molecule has 0 bridgehead atoms. The third kappa shape index (κ3) is 2.88. The fraction of sp³-hybridized carbons (Fsp3) is 0.467. The number of carbonyl (C=O) groups is 2. The Bertz CT molecular complexity index is 558. The third-order valence-electron chi connectivity index (χ3n) is 4.00. The zero-order valence-electron chi connectivity index (χ0n) is 11.7. The number of halogens is 2. The molecular weight excluding hydrogens is 297 g/mol. The second-order valence-electron chi connectivity index (χ2n) is 5.41. The van der Waals surface area contributed by atoms with E-state index in [9.17, 15) is 19.1 Å². The molecule has 0 aromatic heterocycles. The van der Waals surface area contributed by atoms with Crippen LogP contribution in [0, 0.1) is 11.2 Å². The largest absolute Gasteiger partial charge is 0.481 e. The van der Waals surface area contributed by atoms with Gasteiger partial charge in [0, 0.05) is 13.1 Å². The lowest BCUT2D eigenvalue weighted by Crippen LogP contribution is -2.37. The van der Waals surface area contributed by atoms with E-state index in [4.69, 9.17) is 11.6 Å². The summed E-state index contributed by atoms with van der Waals surface area (Å²) in [5, 5.41) is 9.48. The van der Waals surface area contributed by atoms with Crippen LogP contribution < -0.4 is 0 Å². The molecule has 114 valence electrons. The first kappa shape index (κ1) is 15.8. The number of carboxylic acid groups (broad SMARTS) is 1. The first-order chi connectivity index (χ1) is 9.91. The first-order valence-corrected chi connectivity index (χ1v) is 7.26. The van der Waals surface area contributed by atoms with Gasteiger partial charge in [-0.3, -0.25) is 9.59 Å². The minimum Gasteiger partial charge on any atom is -0.481 e. The molecule has 1 N–H and O–H groups in total. The number of benzene rings is 1. The zero-order valence-corrected chi connectivity index (χ0v) is 12.5. The number of nitrogens with zero attached hydrogens (tertiary/aromatic N) is 1. The number of amides is 1. The maximum Gasteiger partial charge on any atom is 0.311 e. The van der Waals surface area contributed by atoms with Crippen LogP contribution in [-0.4, -0.2) is 35.0 Å². The van der Waals surface area contributed by atoms with Crippen LogP contribution in [0.4, 0.5) is 4.39 Å². The number of carboxylic acids is 1. The maximum absolute atomic E-state index is 13.8. The Morgan fingerprint density at radius 2 is 2.19 bits per heavy atom. The van der Waals surface area contributed by atoms with Crippen LogP contribution in [0.25, 0.3) is 0 Å². The van der Waals surface area contributed by atoms with Crippen LogP contribution in [0.15, 0.2) is 18.2 Å². The molecule has 4 nitrogen and oxygen atoms in total. The number of hydrogen-bond donors (Lipinski definition) is 1. The quantitative estimate of drug-likeness (QED) is 0.928. The van der Waals surface area contributed by atoms with Crippen molar-refractivity contribution in [2.24, 2.45) is 5.41 Å². The van der Waals surface area contributed by atoms with E-state index in [0.29, 0.717) is 19.4 Å². The molecular formula is C15H17ClFNO3. The Labute approximate surface area is 127 Å². The van der Waals surface area contributed by atoms with Crippen molar-refractivity contribution in [2.45, 2.75) is 26.2 Å². The molecule has 1 saturated heterocycles. The predicted octanol–water partition coefficient (Wildman–Crippen LogP) is 3.20. The van der Waals surface area contributed by atoms with Gasteiger partial charge in [-0.2, -0.15) is 0 Å². The van der Waals surface area contributed by atoms with Crippen molar-refractivity contribution in [3.63, 3.8) is 0 Å². The van der Waals surface area contributed by atoms with Gasteiger partial charge in [-0.25, -0.2) is 4.39 Å². The smallest absolute Gasteiger partial charge is 0.311 e. The lowest BCUT2D eigenvalue weighted by Gasteiger charge is -2.24. The molecule has 1 unspecified atom stereocenters. The number of carbonyl (C=O) groups excluding carboxylic acids is 1. The minimum atomic E-state index is -0.928. The normalized spacial score (nSPS) is 21.6. The second-order valence-corrected chi connectivity index (χ2v) is 5.82. The van der Waals surface area contributed by atoms with Gasteiger partial charge in [-0.15, -0.1) is 0 Å². The van der Waals surface area contributed by atoms with Gasteiger partial charge in [0.05, 0.1) is 16.0 Å². The Hall–Kier alpha value is -1.62. The van der Waals surface area contributed by atoms with Gasteiger partial charge in [-0.1, -0.05) is 31.0 Å². The first-order valence-electron chi connectivity index (χ1n) is 6.88. The molecule has 1 fully saturated rings. The van der Waals surface area contributed by atoms with E-state index in [1.807, 2.05) is 6.92 Å². The van der Waals surface area contributed by atoms with Gasteiger partial charge < -0.3 is 10.0 Å². The Balaban J connectivity index is 2.25. The molecule has 1 heterocycles. The van der Waals surface area contributed by atoms with E-state index in [-0.39, 0.29) is 17.1 Å². The predicted molar refractivity (Wildman–Crippen MR) is 76.9 cm³/mol. The van der Waals surface area contributed by atoms with E-state index in [1.54, 1.807) is 0 Å². The van der Waals surface area contributed by atoms with E-state index in [2.05, 4.69) is 0 Å². The Morgan fingerprint density at radius 3 is 2.76 bits per heavy atom. The lowest BCUT2D eigenvalue weighted by molar-refractivity contribution is -0.148. The van der Waals surface area contributed by atoms with Gasteiger partial charge >= 0.3 is 5.97 Å². The number of hydrogen-bond acceptors (Lipinski definition) is 2. The molecule has 1 aromatic rings. The van der Waals surface area contributed by atoms with Gasteiger partial charge in [0.2, 0.25) is 0 Å². The summed E-state index contributed by atoms with van der Waals surface area (Å²) in [6.45, 7) is 2.30.